The predicted molar refractivity (Wildman–Crippen MR) is 80.6 cm³/mol. The molecule has 0 amide bonds. The first-order valence-electron chi connectivity index (χ1n) is 6.56. The van der Waals surface area contributed by atoms with Gasteiger partial charge in [0, 0.05) is 12.5 Å². The minimum absolute atomic E-state index is 0.00929. The average molecular weight is 335 g/mol. The standard InChI is InChI=1S/C15H13NO6S/c16-8-11-1-3-12(4-2-11)9-22-15-10-21-13(7-14(15)17)5-6-23(18,19)20/h1-4,7,10H,5-6,9H2,(H,18,19,20). The maximum atomic E-state index is 11.8. The summed E-state index contributed by atoms with van der Waals surface area (Å²) in [6.07, 6.45) is 0.995. The molecule has 0 radical (unpaired) electrons. The summed E-state index contributed by atoms with van der Waals surface area (Å²) >= 11 is 0. The van der Waals surface area contributed by atoms with Crippen LogP contribution >= 0.6 is 0 Å². The van der Waals surface area contributed by atoms with Gasteiger partial charge < -0.3 is 9.15 Å². The number of hydrogen-bond donors (Lipinski definition) is 1. The third-order valence-electron chi connectivity index (χ3n) is 2.94. The van der Waals surface area contributed by atoms with Gasteiger partial charge in [-0.05, 0) is 17.7 Å². The van der Waals surface area contributed by atoms with Crippen molar-refractivity contribution < 1.29 is 22.1 Å². The summed E-state index contributed by atoms with van der Waals surface area (Å²) in [6.45, 7) is 0.126. The van der Waals surface area contributed by atoms with Crippen LogP contribution in [-0.4, -0.2) is 18.7 Å². The Labute approximate surface area is 132 Å². The van der Waals surface area contributed by atoms with Crippen molar-refractivity contribution in [2.75, 3.05) is 5.75 Å². The van der Waals surface area contributed by atoms with Crippen molar-refractivity contribution in [2.45, 2.75) is 13.0 Å². The van der Waals surface area contributed by atoms with Crippen LogP contribution in [0, 0.1) is 11.3 Å². The third-order valence-corrected chi connectivity index (χ3v) is 3.66. The second-order valence-corrected chi connectivity index (χ2v) is 6.28. The summed E-state index contributed by atoms with van der Waals surface area (Å²) in [7, 11) is -4.11. The quantitative estimate of drug-likeness (QED) is 0.795. The molecule has 0 saturated heterocycles. The Balaban J connectivity index is 2.00. The van der Waals surface area contributed by atoms with Crippen LogP contribution in [0.15, 0.2) is 45.8 Å². The van der Waals surface area contributed by atoms with E-state index in [1.165, 1.54) is 0 Å². The van der Waals surface area contributed by atoms with Gasteiger partial charge >= 0.3 is 0 Å². The van der Waals surface area contributed by atoms with Crippen molar-refractivity contribution in [3.63, 3.8) is 0 Å². The fourth-order valence-corrected chi connectivity index (χ4v) is 2.20. The first-order valence-corrected chi connectivity index (χ1v) is 8.17. The Kier molecular flexibility index (Phi) is 5.16. The van der Waals surface area contributed by atoms with Crippen LogP contribution in [-0.2, 0) is 23.1 Å². The smallest absolute Gasteiger partial charge is 0.265 e. The Hall–Kier alpha value is -2.63. The minimum atomic E-state index is -4.11. The van der Waals surface area contributed by atoms with E-state index in [1.54, 1.807) is 24.3 Å². The summed E-state index contributed by atoms with van der Waals surface area (Å²) in [4.78, 5) is 11.8. The number of nitrogens with zero attached hydrogens (tertiary/aromatic N) is 1. The number of aryl methyl sites for hydroxylation is 1. The lowest BCUT2D eigenvalue weighted by Crippen LogP contribution is -2.11. The first kappa shape index (κ1) is 16.7. The summed E-state index contributed by atoms with van der Waals surface area (Å²) in [6, 6.07) is 9.82. The molecule has 2 aromatic rings. The van der Waals surface area contributed by atoms with E-state index in [9.17, 15) is 13.2 Å². The Morgan fingerprint density at radius 2 is 1.96 bits per heavy atom. The molecule has 0 fully saturated rings. The van der Waals surface area contributed by atoms with Crippen LogP contribution in [0.4, 0.5) is 0 Å². The highest BCUT2D eigenvalue weighted by atomic mass is 32.2. The second-order valence-electron chi connectivity index (χ2n) is 4.71. The largest absolute Gasteiger partial charge is 0.482 e. The molecule has 1 aromatic carbocycles. The molecule has 120 valence electrons. The molecule has 1 aromatic heterocycles. The van der Waals surface area contributed by atoms with E-state index in [0.29, 0.717) is 5.56 Å². The number of hydrogen-bond acceptors (Lipinski definition) is 6. The fraction of sp³-hybridized carbons (Fsp3) is 0.200. The maximum Gasteiger partial charge on any atom is 0.265 e. The lowest BCUT2D eigenvalue weighted by Gasteiger charge is -2.06. The molecule has 0 aliphatic heterocycles. The molecule has 0 bridgehead atoms. The molecule has 0 unspecified atom stereocenters. The molecule has 0 spiro atoms. The molecule has 7 nitrogen and oxygen atoms in total. The van der Waals surface area contributed by atoms with E-state index in [0.717, 1.165) is 17.9 Å². The van der Waals surface area contributed by atoms with E-state index >= 15 is 0 Å². The van der Waals surface area contributed by atoms with E-state index in [-0.39, 0.29) is 24.5 Å². The SMILES string of the molecule is N#Cc1ccc(COc2coc(CCS(=O)(=O)O)cc2=O)cc1. The van der Waals surface area contributed by atoms with E-state index < -0.39 is 21.3 Å². The molecule has 0 aliphatic rings. The molecule has 8 heteroatoms. The molecule has 0 saturated carbocycles. The zero-order chi connectivity index (χ0) is 16.9. The van der Waals surface area contributed by atoms with Crippen LogP contribution in [0.1, 0.15) is 16.9 Å². The number of ether oxygens (including phenoxy) is 1. The summed E-state index contributed by atoms with van der Waals surface area (Å²) in [5.41, 5.74) is 0.852. The lowest BCUT2D eigenvalue weighted by atomic mass is 10.2. The third kappa shape index (κ3) is 5.25. The fourth-order valence-electron chi connectivity index (χ4n) is 1.74. The van der Waals surface area contributed by atoms with Crippen molar-refractivity contribution >= 4 is 10.1 Å². The highest BCUT2D eigenvalue weighted by molar-refractivity contribution is 7.85. The van der Waals surface area contributed by atoms with Gasteiger partial charge in [0.1, 0.15) is 18.6 Å². The zero-order valence-corrected chi connectivity index (χ0v) is 12.7. The van der Waals surface area contributed by atoms with Crippen LogP contribution in [0.2, 0.25) is 0 Å². The van der Waals surface area contributed by atoms with Gasteiger partial charge in [-0.25, -0.2) is 0 Å². The number of rotatable bonds is 6. The zero-order valence-electron chi connectivity index (χ0n) is 11.9. The molecule has 0 atom stereocenters. The van der Waals surface area contributed by atoms with Gasteiger partial charge in [-0.1, -0.05) is 12.1 Å². The lowest BCUT2D eigenvalue weighted by molar-refractivity contribution is 0.290. The molecular formula is C15H13NO6S. The first-order chi connectivity index (χ1) is 10.9. The number of benzene rings is 1. The molecule has 0 aliphatic carbocycles. The monoisotopic (exact) mass is 335 g/mol. The van der Waals surface area contributed by atoms with Crippen molar-refractivity contribution in [3.8, 4) is 11.8 Å². The van der Waals surface area contributed by atoms with Gasteiger partial charge in [0.15, 0.2) is 0 Å². The summed E-state index contributed by atoms with van der Waals surface area (Å²) in [5, 5.41) is 8.70. The van der Waals surface area contributed by atoms with Crippen LogP contribution in [0.3, 0.4) is 0 Å². The van der Waals surface area contributed by atoms with Gasteiger partial charge in [-0.15, -0.1) is 0 Å². The Morgan fingerprint density at radius 1 is 1.26 bits per heavy atom. The predicted octanol–water partition coefficient (Wildman–Crippen LogP) is 1.52. The van der Waals surface area contributed by atoms with E-state index in [1.807, 2.05) is 6.07 Å². The Bertz CT molecular complexity index is 877. The van der Waals surface area contributed by atoms with Crippen molar-refractivity contribution in [1.29, 1.82) is 5.26 Å². The summed E-state index contributed by atoms with van der Waals surface area (Å²) < 4.78 is 40.4. The topological polar surface area (TPSA) is 118 Å². The van der Waals surface area contributed by atoms with Crippen LogP contribution < -0.4 is 10.2 Å². The van der Waals surface area contributed by atoms with Crippen molar-refractivity contribution in [2.24, 2.45) is 0 Å². The number of nitriles is 1. The molecule has 23 heavy (non-hydrogen) atoms. The second kappa shape index (κ2) is 7.09. The van der Waals surface area contributed by atoms with Crippen molar-refractivity contribution in [3.05, 3.63) is 63.7 Å². The molecular weight excluding hydrogens is 322 g/mol. The highest BCUT2D eigenvalue weighted by Gasteiger charge is 2.09. The van der Waals surface area contributed by atoms with Gasteiger partial charge in [0.2, 0.25) is 11.2 Å². The normalized spacial score (nSPS) is 11.0. The van der Waals surface area contributed by atoms with Crippen LogP contribution in [0.25, 0.3) is 0 Å². The Morgan fingerprint density at radius 3 is 2.52 bits per heavy atom. The average Bonchev–Trinajstić information content (AvgIpc) is 2.52. The van der Waals surface area contributed by atoms with E-state index in [2.05, 4.69) is 0 Å². The van der Waals surface area contributed by atoms with Gasteiger partial charge in [-0.3, -0.25) is 9.35 Å². The molecule has 1 heterocycles. The minimum Gasteiger partial charge on any atom is -0.482 e. The van der Waals surface area contributed by atoms with Crippen molar-refractivity contribution in [1.82, 2.24) is 0 Å². The van der Waals surface area contributed by atoms with E-state index in [4.69, 9.17) is 19.0 Å². The van der Waals surface area contributed by atoms with Gasteiger partial charge in [0.25, 0.3) is 10.1 Å². The highest BCUT2D eigenvalue weighted by Crippen LogP contribution is 2.11. The molecule has 2 rings (SSSR count). The maximum absolute atomic E-state index is 11.8. The van der Waals surface area contributed by atoms with Gasteiger partial charge in [-0.2, -0.15) is 13.7 Å². The van der Waals surface area contributed by atoms with Gasteiger partial charge in [0.05, 0.1) is 17.4 Å². The summed E-state index contributed by atoms with van der Waals surface area (Å²) in [5.74, 6) is -0.398. The molecule has 1 N–H and O–H groups in total. The van der Waals surface area contributed by atoms with Crippen LogP contribution in [0.5, 0.6) is 5.75 Å².